The number of hydrogen-bond donors (Lipinski definition) is 1. The third kappa shape index (κ3) is 2.52. The number of anilines is 1. The van der Waals surface area contributed by atoms with Crippen LogP contribution in [-0.4, -0.2) is 21.7 Å². The first-order valence-corrected chi connectivity index (χ1v) is 5.99. The fourth-order valence-electron chi connectivity index (χ4n) is 1.40. The molecule has 5 nitrogen and oxygen atoms in total. The summed E-state index contributed by atoms with van der Waals surface area (Å²) in [6, 6.07) is 5.28. The highest BCUT2D eigenvalue weighted by atomic mass is 32.2. The number of nitrogen functional groups attached to an aromatic ring is 1. The molecule has 1 heterocycles. The van der Waals surface area contributed by atoms with E-state index in [0.717, 1.165) is 5.52 Å². The Kier molecular flexibility index (Phi) is 3.23. The number of amides is 1. The van der Waals surface area contributed by atoms with Crippen molar-refractivity contribution in [3.8, 4) is 0 Å². The molecule has 0 spiro atoms. The van der Waals surface area contributed by atoms with Gasteiger partial charge in [0.2, 0.25) is 5.91 Å². The van der Waals surface area contributed by atoms with Crippen LogP contribution >= 0.6 is 11.9 Å². The molecule has 2 N–H and O–H groups in total. The van der Waals surface area contributed by atoms with Gasteiger partial charge < -0.3 is 10.2 Å². The molecule has 0 saturated carbocycles. The Hall–Kier alpha value is -1.69. The number of fused-ring (bicyclic) bond motifs is 1. The van der Waals surface area contributed by atoms with Crippen LogP contribution in [0.2, 0.25) is 0 Å². The van der Waals surface area contributed by atoms with E-state index in [1.165, 1.54) is 18.9 Å². The van der Waals surface area contributed by atoms with Gasteiger partial charge in [-0.15, -0.1) is 0 Å². The zero-order valence-corrected chi connectivity index (χ0v) is 10.5. The van der Waals surface area contributed by atoms with E-state index in [-0.39, 0.29) is 5.91 Å². The molecular formula is C11H13N3O2S. The molecule has 17 heavy (non-hydrogen) atoms. The second kappa shape index (κ2) is 4.67. The molecule has 6 heteroatoms. The summed E-state index contributed by atoms with van der Waals surface area (Å²) < 4.78 is 7.09. The van der Waals surface area contributed by atoms with E-state index in [9.17, 15) is 4.79 Å². The van der Waals surface area contributed by atoms with Gasteiger partial charge in [-0.1, -0.05) is 0 Å². The van der Waals surface area contributed by atoms with Gasteiger partial charge in [-0.2, -0.15) is 0 Å². The molecule has 0 saturated heterocycles. The van der Waals surface area contributed by atoms with Crippen LogP contribution in [-0.2, 0) is 4.79 Å². The molecule has 90 valence electrons. The molecule has 0 fully saturated rings. The van der Waals surface area contributed by atoms with Crippen molar-refractivity contribution in [3.05, 3.63) is 18.2 Å². The summed E-state index contributed by atoms with van der Waals surface area (Å²) >= 11 is 1.19. The third-order valence-corrected chi connectivity index (χ3v) is 3.29. The summed E-state index contributed by atoms with van der Waals surface area (Å²) in [5, 5.41) is 0.447. The zero-order valence-electron chi connectivity index (χ0n) is 9.64. The average molecular weight is 251 g/mol. The Bertz CT molecular complexity index is 553. The molecule has 0 radical (unpaired) electrons. The van der Waals surface area contributed by atoms with E-state index >= 15 is 0 Å². The predicted octanol–water partition coefficient (Wildman–Crippen LogP) is 2.29. The number of rotatable bonds is 3. The molecule has 0 aliphatic rings. The van der Waals surface area contributed by atoms with Crippen molar-refractivity contribution in [3.63, 3.8) is 0 Å². The van der Waals surface area contributed by atoms with Crippen LogP contribution in [0.4, 0.5) is 5.69 Å². The van der Waals surface area contributed by atoms with Gasteiger partial charge >= 0.3 is 0 Å². The van der Waals surface area contributed by atoms with Crippen LogP contribution in [0.25, 0.3) is 11.1 Å². The number of carbonyl (C=O) groups is 1. The first kappa shape index (κ1) is 11.8. The SMILES string of the molecule is CCN(Sc1nc2ccc(N)cc2o1)C(C)=O. The van der Waals surface area contributed by atoms with Gasteiger partial charge in [0.15, 0.2) is 5.58 Å². The van der Waals surface area contributed by atoms with Gasteiger partial charge in [-0.3, -0.25) is 9.10 Å². The van der Waals surface area contributed by atoms with Crippen LogP contribution in [0.3, 0.4) is 0 Å². The van der Waals surface area contributed by atoms with Crippen molar-refractivity contribution in [2.75, 3.05) is 12.3 Å². The van der Waals surface area contributed by atoms with Crippen LogP contribution in [0.15, 0.2) is 27.8 Å². The molecule has 0 atom stereocenters. The minimum absolute atomic E-state index is 0.0285. The number of oxazole rings is 1. The highest BCUT2D eigenvalue weighted by Crippen LogP contribution is 2.27. The maximum Gasteiger partial charge on any atom is 0.278 e. The minimum atomic E-state index is -0.0285. The van der Waals surface area contributed by atoms with E-state index < -0.39 is 0 Å². The molecule has 0 aliphatic heterocycles. The third-order valence-electron chi connectivity index (χ3n) is 2.22. The minimum Gasteiger partial charge on any atom is -0.430 e. The quantitative estimate of drug-likeness (QED) is 0.669. The lowest BCUT2D eigenvalue weighted by Crippen LogP contribution is -2.20. The Morgan fingerprint density at radius 2 is 2.35 bits per heavy atom. The summed E-state index contributed by atoms with van der Waals surface area (Å²) in [4.78, 5) is 15.5. The van der Waals surface area contributed by atoms with Gasteiger partial charge in [0.05, 0.1) is 11.9 Å². The molecule has 1 aromatic heterocycles. The van der Waals surface area contributed by atoms with Gasteiger partial charge in [-0.05, 0) is 19.1 Å². The molecule has 1 amide bonds. The fourth-order valence-corrected chi connectivity index (χ4v) is 2.12. The van der Waals surface area contributed by atoms with E-state index in [2.05, 4.69) is 4.98 Å². The molecule has 2 rings (SSSR count). The summed E-state index contributed by atoms with van der Waals surface area (Å²) in [5.74, 6) is -0.0285. The normalized spacial score (nSPS) is 10.7. The molecular weight excluding hydrogens is 238 g/mol. The second-order valence-corrected chi connectivity index (χ2v) is 4.48. The maximum absolute atomic E-state index is 11.3. The van der Waals surface area contributed by atoms with Crippen molar-refractivity contribution in [1.82, 2.24) is 9.29 Å². The number of nitrogens with zero attached hydrogens (tertiary/aromatic N) is 2. The topological polar surface area (TPSA) is 72.4 Å². The lowest BCUT2D eigenvalue weighted by molar-refractivity contribution is -0.123. The Balaban J connectivity index is 2.27. The molecule has 2 aromatic rings. The molecule has 0 bridgehead atoms. The molecule has 1 aromatic carbocycles. The first-order chi connectivity index (χ1) is 8.10. The predicted molar refractivity (Wildman–Crippen MR) is 67.3 cm³/mol. The number of hydrogen-bond acceptors (Lipinski definition) is 5. The maximum atomic E-state index is 11.3. The standard InChI is InChI=1S/C11H13N3O2S/c1-3-14(7(2)15)17-11-13-9-5-4-8(12)6-10(9)16-11/h4-6H,3,12H2,1-2H3. The molecule has 0 unspecified atom stereocenters. The van der Waals surface area contributed by atoms with Crippen molar-refractivity contribution < 1.29 is 9.21 Å². The second-order valence-electron chi connectivity index (χ2n) is 3.51. The molecule has 0 aliphatic carbocycles. The van der Waals surface area contributed by atoms with Crippen LogP contribution in [0, 0.1) is 0 Å². The summed E-state index contributed by atoms with van der Waals surface area (Å²) in [6.45, 7) is 4.01. The first-order valence-electron chi connectivity index (χ1n) is 5.22. The van der Waals surface area contributed by atoms with Crippen molar-refractivity contribution in [2.45, 2.75) is 19.1 Å². The largest absolute Gasteiger partial charge is 0.430 e. The van der Waals surface area contributed by atoms with Gasteiger partial charge in [0, 0.05) is 25.2 Å². The van der Waals surface area contributed by atoms with Crippen LogP contribution < -0.4 is 5.73 Å². The lowest BCUT2D eigenvalue weighted by atomic mass is 10.3. The number of benzene rings is 1. The number of carbonyl (C=O) groups excluding carboxylic acids is 1. The fraction of sp³-hybridized carbons (Fsp3) is 0.273. The lowest BCUT2D eigenvalue weighted by Gasteiger charge is -2.13. The monoisotopic (exact) mass is 251 g/mol. The van der Waals surface area contributed by atoms with E-state index in [1.807, 2.05) is 6.92 Å². The van der Waals surface area contributed by atoms with Crippen LogP contribution in [0.5, 0.6) is 0 Å². The van der Waals surface area contributed by atoms with E-state index in [1.54, 1.807) is 22.5 Å². The average Bonchev–Trinajstić information content (AvgIpc) is 2.66. The van der Waals surface area contributed by atoms with Crippen molar-refractivity contribution >= 4 is 34.6 Å². The Morgan fingerprint density at radius 1 is 1.59 bits per heavy atom. The zero-order chi connectivity index (χ0) is 12.4. The van der Waals surface area contributed by atoms with Gasteiger partial charge in [0.25, 0.3) is 5.22 Å². The van der Waals surface area contributed by atoms with Gasteiger partial charge in [-0.25, -0.2) is 4.98 Å². The summed E-state index contributed by atoms with van der Waals surface area (Å²) in [5.41, 5.74) is 7.65. The summed E-state index contributed by atoms with van der Waals surface area (Å²) in [6.07, 6.45) is 0. The van der Waals surface area contributed by atoms with E-state index in [0.29, 0.717) is 23.0 Å². The Morgan fingerprint density at radius 3 is 3.00 bits per heavy atom. The smallest absolute Gasteiger partial charge is 0.278 e. The van der Waals surface area contributed by atoms with Crippen molar-refractivity contribution in [1.29, 1.82) is 0 Å². The van der Waals surface area contributed by atoms with Crippen LogP contribution in [0.1, 0.15) is 13.8 Å². The van der Waals surface area contributed by atoms with Gasteiger partial charge in [0.1, 0.15) is 5.52 Å². The van der Waals surface area contributed by atoms with E-state index in [4.69, 9.17) is 10.2 Å². The number of aromatic nitrogens is 1. The summed E-state index contributed by atoms with van der Waals surface area (Å²) in [7, 11) is 0. The highest BCUT2D eigenvalue weighted by Gasteiger charge is 2.13. The Labute approximate surface area is 103 Å². The number of nitrogens with two attached hydrogens (primary N) is 1. The van der Waals surface area contributed by atoms with Crippen molar-refractivity contribution in [2.24, 2.45) is 0 Å². The highest BCUT2D eigenvalue weighted by molar-refractivity contribution is 7.97.